The van der Waals surface area contributed by atoms with E-state index < -0.39 is 12.8 Å². The van der Waals surface area contributed by atoms with Crippen LogP contribution in [-0.2, 0) is 11.3 Å². The molecule has 1 aromatic rings. The third kappa shape index (κ3) is 5.15. The van der Waals surface area contributed by atoms with E-state index in [2.05, 4.69) is 32.4 Å². The fourth-order valence-corrected chi connectivity index (χ4v) is 1.54. The first kappa shape index (κ1) is 13.8. The third-order valence-electron chi connectivity index (χ3n) is 1.83. The average molecular weight is 348 g/mol. The molecule has 0 atom stereocenters. The first-order valence-corrected chi connectivity index (χ1v) is 5.80. The fraction of sp³-hybridized carbons (Fsp3) is 0.667. The van der Waals surface area contributed by atoms with Crippen molar-refractivity contribution in [2.75, 3.05) is 13.2 Å². The largest absolute Gasteiger partial charge is 0.411 e. The molecule has 1 heterocycles. The molecule has 0 radical (unpaired) electrons. The van der Waals surface area contributed by atoms with Gasteiger partial charge in [-0.1, -0.05) is 0 Å². The van der Waals surface area contributed by atoms with Crippen LogP contribution in [-0.4, -0.2) is 29.2 Å². The Kier molecular flexibility index (Phi) is 5.03. The number of halogens is 4. The molecule has 1 rings (SSSR count). The van der Waals surface area contributed by atoms with Gasteiger partial charge in [-0.3, -0.25) is 4.68 Å². The van der Waals surface area contributed by atoms with E-state index in [-0.39, 0.29) is 6.61 Å². The molecule has 0 fully saturated rings. The highest BCUT2D eigenvalue weighted by Crippen LogP contribution is 2.14. The Hall–Kier alpha value is -0.310. The lowest BCUT2D eigenvalue weighted by atomic mass is 10.4. The maximum Gasteiger partial charge on any atom is 0.411 e. The van der Waals surface area contributed by atoms with Gasteiger partial charge in [-0.05, 0) is 35.9 Å². The maximum atomic E-state index is 11.7. The van der Waals surface area contributed by atoms with Crippen LogP contribution in [0, 0.1) is 10.6 Å². The Bertz CT molecular complexity index is 318. The van der Waals surface area contributed by atoms with Crippen molar-refractivity contribution in [3.8, 4) is 0 Å². The highest BCUT2D eigenvalue weighted by atomic mass is 127. The molecule has 0 spiro atoms. The number of aromatic nitrogens is 2. The molecule has 1 aromatic heterocycles. The summed E-state index contributed by atoms with van der Waals surface area (Å²) in [6.45, 7) is 1.42. The van der Waals surface area contributed by atoms with E-state index in [1.165, 1.54) is 0 Å². The standard InChI is InChI=1S/C9H12F3IN2O/c1-7-5-15(14-8(7)13)3-2-4-16-6-9(10,11)12/h5H,2-4,6H2,1H3. The predicted molar refractivity (Wildman–Crippen MR) is 61.2 cm³/mol. The molecular formula is C9H12F3IN2O. The molecule has 0 aliphatic heterocycles. The summed E-state index contributed by atoms with van der Waals surface area (Å²) in [7, 11) is 0. The van der Waals surface area contributed by atoms with Gasteiger partial charge in [0.1, 0.15) is 10.3 Å². The first-order chi connectivity index (χ1) is 7.38. The lowest BCUT2D eigenvalue weighted by Gasteiger charge is -2.07. The minimum Gasteiger partial charge on any atom is -0.372 e. The molecule has 0 N–H and O–H groups in total. The SMILES string of the molecule is Cc1cn(CCCOCC(F)(F)F)nc1I. The van der Waals surface area contributed by atoms with Crippen LogP contribution in [0.2, 0.25) is 0 Å². The van der Waals surface area contributed by atoms with Gasteiger partial charge in [-0.25, -0.2) is 0 Å². The molecule has 92 valence electrons. The summed E-state index contributed by atoms with van der Waals surface area (Å²) >= 11 is 2.11. The topological polar surface area (TPSA) is 27.1 Å². The first-order valence-electron chi connectivity index (χ1n) is 4.72. The molecule has 0 saturated carbocycles. The number of hydrogen-bond acceptors (Lipinski definition) is 2. The third-order valence-corrected chi connectivity index (χ3v) is 2.89. The van der Waals surface area contributed by atoms with Gasteiger partial charge in [0.2, 0.25) is 0 Å². The van der Waals surface area contributed by atoms with E-state index in [1.54, 1.807) is 4.68 Å². The van der Waals surface area contributed by atoms with Crippen LogP contribution in [0.15, 0.2) is 6.20 Å². The minimum absolute atomic E-state index is 0.0923. The van der Waals surface area contributed by atoms with Crippen molar-refractivity contribution in [2.24, 2.45) is 0 Å². The summed E-state index contributed by atoms with van der Waals surface area (Å²) in [6, 6.07) is 0. The lowest BCUT2D eigenvalue weighted by molar-refractivity contribution is -0.174. The molecule has 0 saturated heterocycles. The van der Waals surface area contributed by atoms with Gasteiger partial charge in [0, 0.05) is 24.9 Å². The summed E-state index contributed by atoms with van der Waals surface area (Å²) in [5.74, 6) is 0. The smallest absolute Gasteiger partial charge is 0.372 e. The van der Waals surface area contributed by atoms with Gasteiger partial charge in [0.25, 0.3) is 0 Å². The molecule has 7 heteroatoms. The number of ether oxygens (including phenoxy) is 1. The normalized spacial score (nSPS) is 12.1. The van der Waals surface area contributed by atoms with Crippen LogP contribution < -0.4 is 0 Å². The highest BCUT2D eigenvalue weighted by Gasteiger charge is 2.27. The molecule has 0 amide bonds. The van der Waals surface area contributed by atoms with E-state index in [0.29, 0.717) is 13.0 Å². The van der Waals surface area contributed by atoms with Gasteiger partial charge in [-0.15, -0.1) is 0 Å². The van der Waals surface area contributed by atoms with E-state index in [9.17, 15) is 13.2 Å². The summed E-state index contributed by atoms with van der Waals surface area (Å²) in [6.07, 6.45) is -1.85. The van der Waals surface area contributed by atoms with Gasteiger partial charge >= 0.3 is 6.18 Å². The van der Waals surface area contributed by atoms with Crippen molar-refractivity contribution < 1.29 is 17.9 Å². The molecule has 0 aliphatic rings. The van der Waals surface area contributed by atoms with Crippen LogP contribution in [0.1, 0.15) is 12.0 Å². The second kappa shape index (κ2) is 5.85. The fourth-order valence-electron chi connectivity index (χ4n) is 1.13. The zero-order valence-electron chi connectivity index (χ0n) is 8.72. The predicted octanol–water partition coefficient (Wildman–Crippen LogP) is 2.77. The number of nitrogens with zero attached hydrogens (tertiary/aromatic N) is 2. The minimum atomic E-state index is -4.24. The van der Waals surface area contributed by atoms with Crippen molar-refractivity contribution in [1.29, 1.82) is 0 Å². The van der Waals surface area contributed by atoms with E-state index in [4.69, 9.17) is 0 Å². The Morgan fingerprint density at radius 1 is 1.50 bits per heavy atom. The van der Waals surface area contributed by atoms with Crippen LogP contribution >= 0.6 is 22.6 Å². The Labute approximate surface area is 105 Å². The Morgan fingerprint density at radius 3 is 2.69 bits per heavy atom. The number of rotatable bonds is 5. The summed E-state index contributed by atoms with van der Waals surface area (Å²) in [5, 5.41) is 4.18. The average Bonchev–Trinajstić information content (AvgIpc) is 2.44. The van der Waals surface area contributed by atoms with Gasteiger partial charge < -0.3 is 4.74 Å². The van der Waals surface area contributed by atoms with Crippen LogP contribution in [0.25, 0.3) is 0 Å². The molecule has 16 heavy (non-hydrogen) atoms. The zero-order valence-corrected chi connectivity index (χ0v) is 10.9. The number of aryl methyl sites for hydroxylation is 2. The second-order valence-corrected chi connectivity index (χ2v) is 4.41. The van der Waals surface area contributed by atoms with Crippen LogP contribution in [0.5, 0.6) is 0 Å². The second-order valence-electron chi connectivity index (χ2n) is 3.39. The lowest BCUT2D eigenvalue weighted by Crippen LogP contribution is -2.17. The van der Waals surface area contributed by atoms with Crippen molar-refractivity contribution in [1.82, 2.24) is 9.78 Å². The summed E-state index contributed by atoms with van der Waals surface area (Å²) in [4.78, 5) is 0. The van der Waals surface area contributed by atoms with Gasteiger partial charge in [0.15, 0.2) is 0 Å². The molecule has 0 unspecified atom stereocenters. The van der Waals surface area contributed by atoms with Crippen LogP contribution in [0.4, 0.5) is 13.2 Å². The maximum absolute atomic E-state index is 11.7. The van der Waals surface area contributed by atoms with Gasteiger partial charge in [0.05, 0.1) is 0 Å². The quantitative estimate of drug-likeness (QED) is 0.605. The van der Waals surface area contributed by atoms with Crippen molar-refractivity contribution in [3.05, 3.63) is 15.5 Å². The van der Waals surface area contributed by atoms with Crippen molar-refractivity contribution in [3.63, 3.8) is 0 Å². The summed E-state index contributed by atoms with van der Waals surface area (Å²) < 4.78 is 42.3. The number of alkyl halides is 3. The number of hydrogen-bond donors (Lipinski definition) is 0. The Morgan fingerprint density at radius 2 is 2.19 bits per heavy atom. The van der Waals surface area contributed by atoms with Crippen LogP contribution in [0.3, 0.4) is 0 Å². The zero-order chi connectivity index (χ0) is 12.2. The Balaban J connectivity index is 2.16. The van der Waals surface area contributed by atoms with E-state index in [1.807, 2.05) is 13.1 Å². The molecule has 3 nitrogen and oxygen atoms in total. The van der Waals surface area contributed by atoms with E-state index >= 15 is 0 Å². The monoisotopic (exact) mass is 348 g/mol. The molecule has 0 aliphatic carbocycles. The van der Waals surface area contributed by atoms with Crippen molar-refractivity contribution in [2.45, 2.75) is 26.1 Å². The van der Waals surface area contributed by atoms with Gasteiger partial charge in [-0.2, -0.15) is 18.3 Å². The van der Waals surface area contributed by atoms with E-state index in [0.717, 1.165) is 9.26 Å². The molecule has 0 bridgehead atoms. The highest BCUT2D eigenvalue weighted by molar-refractivity contribution is 14.1. The molecular weight excluding hydrogens is 336 g/mol. The van der Waals surface area contributed by atoms with Crippen molar-refractivity contribution >= 4 is 22.6 Å². The molecule has 0 aromatic carbocycles. The summed E-state index contributed by atoms with van der Waals surface area (Å²) in [5.41, 5.74) is 1.07.